The zero-order valence-corrected chi connectivity index (χ0v) is 9.77. The van der Waals surface area contributed by atoms with Crippen LogP contribution in [0.2, 0.25) is 0 Å². The molecular weight excluding hydrogens is 162 g/mol. The van der Waals surface area contributed by atoms with Gasteiger partial charge in [-0.1, -0.05) is 27.7 Å². The Balaban J connectivity index is -0.000000376. The molecule has 3 nitrogen and oxygen atoms in total. The Morgan fingerprint density at radius 1 is 1.15 bits per heavy atom. The van der Waals surface area contributed by atoms with Crippen molar-refractivity contribution in [2.24, 2.45) is 5.73 Å². The molecule has 0 aromatic rings. The molecule has 0 unspecified atom stereocenters. The van der Waals surface area contributed by atoms with Crippen LogP contribution in [0.25, 0.3) is 0 Å². The molecule has 0 fully saturated rings. The van der Waals surface area contributed by atoms with Crippen LogP contribution in [-0.2, 0) is 0 Å². The maximum absolute atomic E-state index is 5.33. The van der Waals surface area contributed by atoms with E-state index in [9.17, 15) is 0 Å². The first kappa shape index (κ1) is 15.4. The molecule has 84 valence electrons. The van der Waals surface area contributed by atoms with Crippen LogP contribution in [-0.4, -0.2) is 44.2 Å². The van der Waals surface area contributed by atoms with E-state index < -0.39 is 0 Å². The summed E-state index contributed by atoms with van der Waals surface area (Å²) >= 11 is 0. The summed E-state index contributed by atoms with van der Waals surface area (Å²) in [7, 11) is 0. The highest BCUT2D eigenvalue weighted by atomic mass is 15.1. The van der Waals surface area contributed by atoms with E-state index in [1.807, 2.05) is 13.8 Å². The summed E-state index contributed by atoms with van der Waals surface area (Å²) in [5.41, 5.74) is 5.33. The minimum atomic E-state index is 0. The third kappa shape index (κ3) is 11.9. The summed E-state index contributed by atoms with van der Waals surface area (Å²) in [6.45, 7) is 14.5. The number of hydrogen-bond donors (Lipinski definition) is 2. The lowest BCUT2D eigenvalue weighted by Gasteiger charge is -2.17. The Bertz CT molecular complexity index is 77.8. The van der Waals surface area contributed by atoms with Crippen molar-refractivity contribution in [3.8, 4) is 0 Å². The fraction of sp³-hybridized carbons (Fsp3) is 1.00. The highest BCUT2D eigenvalue weighted by Crippen LogP contribution is 1.83. The molecule has 0 atom stereocenters. The Kier molecular flexibility index (Phi) is 17.0. The van der Waals surface area contributed by atoms with Crippen molar-refractivity contribution in [1.82, 2.24) is 10.2 Å². The molecule has 0 bridgehead atoms. The standard InChI is InChI=1S/C8H21N3.C2H6.H2/c1-3-11(4-2)8-7-10-6-5-9;1-2;/h10H,3-9H2,1-2H3;1-2H3;1H. The van der Waals surface area contributed by atoms with Gasteiger partial charge in [0, 0.05) is 27.6 Å². The second-order valence-corrected chi connectivity index (χ2v) is 2.57. The van der Waals surface area contributed by atoms with Crippen LogP contribution in [0.15, 0.2) is 0 Å². The van der Waals surface area contributed by atoms with E-state index >= 15 is 0 Å². The van der Waals surface area contributed by atoms with Crippen molar-refractivity contribution >= 4 is 0 Å². The summed E-state index contributed by atoms with van der Waals surface area (Å²) in [4.78, 5) is 2.39. The van der Waals surface area contributed by atoms with Crippen molar-refractivity contribution in [3.63, 3.8) is 0 Å². The lowest BCUT2D eigenvalue weighted by Crippen LogP contribution is -2.33. The van der Waals surface area contributed by atoms with Crippen molar-refractivity contribution < 1.29 is 1.43 Å². The molecule has 0 saturated carbocycles. The topological polar surface area (TPSA) is 41.3 Å². The average Bonchev–Trinajstić information content (AvgIpc) is 2.21. The van der Waals surface area contributed by atoms with Gasteiger partial charge in [0.05, 0.1) is 0 Å². The maximum atomic E-state index is 5.33. The molecule has 0 aliphatic carbocycles. The Morgan fingerprint density at radius 2 is 1.69 bits per heavy atom. The van der Waals surface area contributed by atoms with Crippen LogP contribution < -0.4 is 11.1 Å². The van der Waals surface area contributed by atoms with E-state index in [1.54, 1.807) is 0 Å². The third-order valence-corrected chi connectivity index (χ3v) is 1.82. The molecule has 0 aromatic carbocycles. The summed E-state index contributed by atoms with van der Waals surface area (Å²) in [5, 5.41) is 3.27. The van der Waals surface area contributed by atoms with Gasteiger partial charge in [-0.15, -0.1) is 0 Å². The highest BCUT2D eigenvalue weighted by molar-refractivity contribution is 4.55. The van der Waals surface area contributed by atoms with Gasteiger partial charge in [0.15, 0.2) is 0 Å². The molecule has 0 heterocycles. The van der Waals surface area contributed by atoms with E-state index in [0.717, 1.165) is 39.3 Å². The smallest absolute Gasteiger partial charge is 0.0107 e. The van der Waals surface area contributed by atoms with Crippen LogP contribution in [0.1, 0.15) is 29.1 Å². The van der Waals surface area contributed by atoms with E-state index in [2.05, 4.69) is 24.1 Å². The summed E-state index contributed by atoms with van der Waals surface area (Å²) in [6, 6.07) is 0. The summed E-state index contributed by atoms with van der Waals surface area (Å²) in [5.74, 6) is 0. The minimum Gasteiger partial charge on any atom is -0.329 e. The van der Waals surface area contributed by atoms with Crippen LogP contribution in [0.4, 0.5) is 0 Å². The van der Waals surface area contributed by atoms with E-state index in [4.69, 9.17) is 5.73 Å². The van der Waals surface area contributed by atoms with Crippen molar-refractivity contribution in [2.75, 3.05) is 39.3 Å². The Hall–Kier alpha value is -0.120. The van der Waals surface area contributed by atoms with Gasteiger partial charge in [-0.2, -0.15) is 0 Å². The molecule has 0 rings (SSSR count). The second-order valence-electron chi connectivity index (χ2n) is 2.57. The lowest BCUT2D eigenvalue weighted by atomic mass is 10.4. The summed E-state index contributed by atoms with van der Waals surface area (Å²) < 4.78 is 0. The predicted octanol–water partition coefficient (Wildman–Crippen LogP) is 1.15. The monoisotopic (exact) mass is 191 g/mol. The first-order chi connectivity index (χ1) is 6.35. The van der Waals surface area contributed by atoms with Crippen LogP contribution in [0, 0.1) is 0 Å². The molecule has 3 heteroatoms. The van der Waals surface area contributed by atoms with Crippen molar-refractivity contribution in [1.29, 1.82) is 0 Å². The van der Waals surface area contributed by atoms with E-state index in [1.165, 1.54) is 0 Å². The normalized spacial score (nSPS) is 9.69. The molecule has 0 aliphatic rings. The fourth-order valence-electron chi connectivity index (χ4n) is 1.00. The first-order valence-electron chi connectivity index (χ1n) is 5.48. The van der Waals surface area contributed by atoms with E-state index in [-0.39, 0.29) is 1.43 Å². The molecule has 0 amide bonds. The zero-order valence-electron chi connectivity index (χ0n) is 9.77. The van der Waals surface area contributed by atoms with Gasteiger partial charge >= 0.3 is 0 Å². The van der Waals surface area contributed by atoms with Crippen LogP contribution in [0.5, 0.6) is 0 Å². The van der Waals surface area contributed by atoms with Gasteiger partial charge in [0.25, 0.3) is 0 Å². The molecule has 13 heavy (non-hydrogen) atoms. The molecule has 0 spiro atoms. The number of likely N-dealkylation sites (N-methyl/N-ethyl adjacent to an activating group) is 1. The number of nitrogens with two attached hydrogens (primary N) is 1. The van der Waals surface area contributed by atoms with Crippen LogP contribution >= 0.6 is 0 Å². The second kappa shape index (κ2) is 14.4. The SMILES string of the molecule is CC.CCN(CC)CCNCCN.[HH]. The Labute approximate surface area is 85.2 Å². The summed E-state index contributed by atoms with van der Waals surface area (Å²) in [6.07, 6.45) is 0. The van der Waals surface area contributed by atoms with Crippen molar-refractivity contribution in [2.45, 2.75) is 27.7 Å². The number of hydrogen-bond acceptors (Lipinski definition) is 3. The average molecular weight is 191 g/mol. The van der Waals surface area contributed by atoms with Gasteiger partial charge in [-0.25, -0.2) is 0 Å². The van der Waals surface area contributed by atoms with E-state index in [0.29, 0.717) is 0 Å². The Morgan fingerprint density at radius 3 is 2.08 bits per heavy atom. The quantitative estimate of drug-likeness (QED) is 0.593. The molecule has 0 aromatic heterocycles. The van der Waals surface area contributed by atoms with Gasteiger partial charge in [0.1, 0.15) is 0 Å². The molecule has 3 N–H and O–H groups in total. The third-order valence-electron chi connectivity index (χ3n) is 1.82. The van der Waals surface area contributed by atoms with Gasteiger partial charge in [-0.05, 0) is 13.1 Å². The first-order valence-corrected chi connectivity index (χ1v) is 5.48. The molecular formula is C10H29N3. The lowest BCUT2D eigenvalue weighted by molar-refractivity contribution is 0.303. The number of nitrogens with one attached hydrogen (secondary N) is 1. The predicted molar refractivity (Wildman–Crippen MR) is 63.2 cm³/mol. The molecule has 0 saturated heterocycles. The fourth-order valence-corrected chi connectivity index (χ4v) is 1.00. The molecule has 0 aliphatic heterocycles. The van der Waals surface area contributed by atoms with Gasteiger partial charge in [0.2, 0.25) is 0 Å². The van der Waals surface area contributed by atoms with Gasteiger partial charge < -0.3 is 16.0 Å². The largest absolute Gasteiger partial charge is 0.329 e. The number of nitrogens with zero attached hydrogens (tertiary/aromatic N) is 1. The van der Waals surface area contributed by atoms with Crippen molar-refractivity contribution in [3.05, 3.63) is 0 Å². The highest BCUT2D eigenvalue weighted by Gasteiger charge is 1.95. The zero-order chi connectivity index (χ0) is 10.5. The number of rotatable bonds is 7. The minimum absolute atomic E-state index is 0. The molecule has 0 radical (unpaired) electrons. The van der Waals surface area contributed by atoms with Crippen LogP contribution in [0.3, 0.4) is 0 Å². The van der Waals surface area contributed by atoms with Gasteiger partial charge in [-0.3, -0.25) is 0 Å². The maximum Gasteiger partial charge on any atom is 0.0107 e.